The fourth-order valence-electron chi connectivity index (χ4n) is 8.05. The van der Waals surface area contributed by atoms with Crippen LogP contribution in [0.2, 0.25) is 0 Å². The Hall–Kier alpha value is -1.80. The maximum Gasteiger partial charge on any atom is 0.247 e. The van der Waals surface area contributed by atoms with Gasteiger partial charge in [-0.25, -0.2) is 0 Å². The van der Waals surface area contributed by atoms with E-state index in [0.717, 1.165) is 19.3 Å². The first-order valence-corrected chi connectivity index (χ1v) is 15.9. The van der Waals surface area contributed by atoms with Crippen molar-refractivity contribution in [2.75, 3.05) is 26.2 Å². The summed E-state index contributed by atoms with van der Waals surface area (Å²) in [5.41, 5.74) is -0.512. The summed E-state index contributed by atoms with van der Waals surface area (Å²) in [6, 6.07) is -1.23. The van der Waals surface area contributed by atoms with Crippen molar-refractivity contribution in [2.45, 2.75) is 115 Å². The van der Waals surface area contributed by atoms with E-state index >= 15 is 0 Å². The van der Waals surface area contributed by atoms with Crippen LogP contribution in [0.15, 0.2) is 25.3 Å². The normalized spacial score (nSPS) is 30.3. The summed E-state index contributed by atoms with van der Waals surface area (Å²) in [7, 11) is 0. The first kappa shape index (κ1) is 32.7. The Morgan fingerprint density at radius 3 is 2.25 bits per heavy atom. The minimum atomic E-state index is -0.745. The fourth-order valence-corrected chi connectivity index (χ4v) is 10.4. The molecule has 1 N–H and O–H groups in total. The van der Waals surface area contributed by atoms with Crippen molar-refractivity contribution < 1.29 is 19.5 Å². The second-order valence-corrected chi connectivity index (χ2v) is 16.0. The molecular weight excluding hydrogens is 522 g/mol. The number of nitrogens with zero attached hydrogens (tertiary/aromatic N) is 3. The monoisotopic (exact) mass is 575 g/mol. The Morgan fingerprint density at radius 2 is 1.75 bits per heavy atom. The lowest BCUT2D eigenvalue weighted by atomic mass is 9.66. The predicted molar refractivity (Wildman–Crippen MR) is 164 cm³/mol. The SMILES string of the molecule is C=CCN(CCC)C(=O)[C@@H]1[C@H]2C(=O)N([C@@H](CC)CO)C(C(=O)N(CC=C)C(C)(C)CC(C)(C)C)C23CC[C@@]1(C)S3. The topological polar surface area (TPSA) is 81.2 Å². The molecule has 3 fully saturated rings. The van der Waals surface area contributed by atoms with E-state index in [1.54, 1.807) is 28.8 Å². The summed E-state index contributed by atoms with van der Waals surface area (Å²) in [4.78, 5) is 49.0. The van der Waals surface area contributed by atoms with Crippen LogP contribution < -0.4 is 0 Å². The smallest absolute Gasteiger partial charge is 0.247 e. The highest BCUT2D eigenvalue weighted by Crippen LogP contribution is 2.72. The third-order valence-corrected chi connectivity index (χ3v) is 11.2. The number of aliphatic hydroxyl groups excluding tert-OH is 1. The number of hydrogen-bond acceptors (Lipinski definition) is 5. The highest BCUT2D eigenvalue weighted by molar-refractivity contribution is 8.02. The van der Waals surface area contributed by atoms with E-state index in [4.69, 9.17) is 0 Å². The van der Waals surface area contributed by atoms with Gasteiger partial charge in [0.1, 0.15) is 6.04 Å². The lowest BCUT2D eigenvalue weighted by Gasteiger charge is -2.46. The predicted octanol–water partition coefficient (Wildman–Crippen LogP) is 4.89. The minimum Gasteiger partial charge on any atom is -0.394 e. The zero-order chi connectivity index (χ0) is 30.3. The maximum absolute atomic E-state index is 14.9. The van der Waals surface area contributed by atoms with Crippen LogP contribution in [0.3, 0.4) is 0 Å². The van der Waals surface area contributed by atoms with Gasteiger partial charge in [-0.05, 0) is 58.3 Å². The number of amides is 3. The number of carbonyl (C=O) groups excluding carboxylic acids is 3. The van der Waals surface area contributed by atoms with Crippen molar-refractivity contribution in [1.29, 1.82) is 0 Å². The van der Waals surface area contributed by atoms with Gasteiger partial charge < -0.3 is 19.8 Å². The number of rotatable bonds is 13. The number of thioether (sulfide) groups is 1. The van der Waals surface area contributed by atoms with Gasteiger partial charge in [-0.15, -0.1) is 24.9 Å². The number of likely N-dealkylation sites (tertiary alicyclic amines) is 1. The lowest BCUT2D eigenvalue weighted by molar-refractivity contribution is -0.150. The van der Waals surface area contributed by atoms with Crippen molar-refractivity contribution in [3.8, 4) is 0 Å². The Kier molecular flexibility index (Phi) is 9.67. The van der Waals surface area contributed by atoms with Gasteiger partial charge >= 0.3 is 0 Å². The molecule has 3 rings (SSSR count). The van der Waals surface area contributed by atoms with Crippen LogP contribution in [0.4, 0.5) is 0 Å². The average molecular weight is 576 g/mol. The van der Waals surface area contributed by atoms with E-state index in [1.165, 1.54) is 0 Å². The molecule has 40 heavy (non-hydrogen) atoms. The molecule has 0 aromatic carbocycles. The highest BCUT2D eigenvalue weighted by Gasteiger charge is 2.78. The second-order valence-electron chi connectivity index (χ2n) is 14.1. The second kappa shape index (κ2) is 11.8. The molecule has 3 saturated heterocycles. The van der Waals surface area contributed by atoms with Crippen LogP contribution in [-0.2, 0) is 14.4 Å². The Bertz CT molecular complexity index is 1000. The fraction of sp³-hybridized carbons (Fsp3) is 0.781. The van der Waals surface area contributed by atoms with E-state index < -0.39 is 39.0 Å². The molecule has 8 heteroatoms. The van der Waals surface area contributed by atoms with Gasteiger partial charge in [-0.3, -0.25) is 14.4 Å². The molecule has 226 valence electrons. The molecule has 0 radical (unpaired) electrons. The van der Waals surface area contributed by atoms with Gasteiger partial charge in [-0.1, -0.05) is 46.8 Å². The first-order chi connectivity index (χ1) is 18.6. The molecule has 0 saturated carbocycles. The van der Waals surface area contributed by atoms with Crippen LogP contribution in [0, 0.1) is 17.3 Å². The third kappa shape index (κ3) is 5.51. The number of carbonyl (C=O) groups is 3. The average Bonchev–Trinajstić information content (AvgIpc) is 3.42. The van der Waals surface area contributed by atoms with E-state index in [9.17, 15) is 19.5 Å². The molecule has 3 amide bonds. The summed E-state index contributed by atoms with van der Waals surface area (Å²) in [5.74, 6) is -1.39. The summed E-state index contributed by atoms with van der Waals surface area (Å²) in [6.07, 6.45) is 7.08. The van der Waals surface area contributed by atoms with Crippen molar-refractivity contribution in [3.63, 3.8) is 0 Å². The molecule has 0 aliphatic carbocycles. The summed E-state index contributed by atoms with van der Waals surface area (Å²) >= 11 is 1.69. The molecule has 3 aliphatic heterocycles. The van der Waals surface area contributed by atoms with Gasteiger partial charge in [0, 0.05) is 29.9 Å². The van der Waals surface area contributed by atoms with Gasteiger partial charge in [0.15, 0.2) is 0 Å². The largest absolute Gasteiger partial charge is 0.394 e. The molecule has 2 bridgehead atoms. The third-order valence-electron chi connectivity index (χ3n) is 9.22. The molecule has 2 unspecified atom stereocenters. The molecule has 6 atom stereocenters. The molecular formula is C32H53N3O4S. The van der Waals surface area contributed by atoms with Crippen molar-refractivity contribution >= 4 is 29.5 Å². The molecule has 3 heterocycles. The van der Waals surface area contributed by atoms with E-state index in [-0.39, 0.29) is 29.7 Å². The van der Waals surface area contributed by atoms with Crippen LogP contribution >= 0.6 is 11.8 Å². The Morgan fingerprint density at radius 1 is 1.12 bits per heavy atom. The standard InChI is InChI=1S/C32H53N3O4S/c1-11-17-33(18-12-2)26(37)23-24-27(38)35(22(14-4)20-36)25(32(24)16-15-31(23,10)40-32)28(39)34(19-13-3)30(8,9)21-29(5,6)7/h11,13,22-25,36H,1,3,12,14-21H2,2,4-10H3/t22-,23-,24-,25?,31+,32?/m0/s1. The summed E-state index contributed by atoms with van der Waals surface area (Å²) in [6.45, 7) is 25.8. The maximum atomic E-state index is 14.9. The lowest BCUT2D eigenvalue weighted by Crippen LogP contribution is -2.61. The highest BCUT2D eigenvalue weighted by atomic mass is 32.2. The minimum absolute atomic E-state index is 0.0159. The molecule has 0 aromatic rings. The van der Waals surface area contributed by atoms with Crippen LogP contribution in [-0.4, -0.2) is 90.9 Å². The van der Waals surface area contributed by atoms with Crippen molar-refractivity contribution in [2.24, 2.45) is 17.3 Å². The molecule has 7 nitrogen and oxygen atoms in total. The van der Waals surface area contributed by atoms with Crippen molar-refractivity contribution in [3.05, 3.63) is 25.3 Å². The van der Waals surface area contributed by atoms with Crippen LogP contribution in [0.5, 0.6) is 0 Å². The van der Waals surface area contributed by atoms with Gasteiger partial charge in [-0.2, -0.15) is 0 Å². The first-order valence-electron chi connectivity index (χ1n) is 15.0. The zero-order valence-electron chi connectivity index (χ0n) is 26.2. The molecule has 1 spiro atoms. The molecule has 0 aromatic heterocycles. The zero-order valence-corrected chi connectivity index (χ0v) is 27.0. The van der Waals surface area contributed by atoms with Gasteiger partial charge in [0.2, 0.25) is 17.7 Å². The van der Waals surface area contributed by atoms with Crippen LogP contribution in [0.25, 0.3) is 0 Å². The Labute approximate surface area is 246 Å². The number of fused-ring (bicyclic) bond motifs is 1. The van der Waals surface area contributed by atoms with E-state index in [2.05, 4.69) is 54.7 Å². The number of aliphatic hydroxyl groups is 1. The quantitative estimate of drug-likeness (QED) is 0.316. The van der Waals surface area contributed by atoms with E-state index in [1.807, 2.05) is 23.6 Å². The van der Waals surface area contributed by atoms with Crippen LogP contribution in [0.1, 0.15) is 87.5 Å². The van der Waals surface area contributed by atoms with Gasteiger partial charge in [0.05, 0.1) is 29.2 Å². The molecule has 3 aliphatic rings. The Balaban J connectivity index is 2.17. The number of hydrogen-bond donors (Lipinski definition) is 1. The van der Waals surface area contributed by atoms with Gasteiger partial charge in [0.25, 0.3) is 0 Å². The summed E-state index contributed by atoms with van der Waals surface area (Å²) in [5, 5.41) is 10.4. The summed E-state index contributed by atoms with van der Waals surface area (Å²) < 4.78 is -1.14. The van der Waals surface area contributed by atoms with E-state index in [0.29, 0.717) is 32.5 Å². The van der Waals surface area contributed by atoms with Crippen molar-refractivity contribution in [1.82, 2.24) is 14.7 Å².